The van der Waals surface area contributed by atoms with Crippen molar-refractivity contribution in [2.75, 3.05) is 7.05 Å². The fraction of sp³-hybridized carbons (Fsp3) is 0.250. The topological polar surface area (TPSA) is 12.0 Å². The molecule has 0 aliphatic carbocycles. The first kappa shape index (κ1) is 16.5. The lowest BCUT2D eigenvalue weighted by Crippen LogP contribution is -2.11. The first-order chi connectivity index (χ1) is 10.0. The normalized spacial score (nSPS) is 12.4. The zero-order valence-electron chi connectivity index (χ0n) is 11.8. The van der Waals surface area contributed by atoms with Gasteiger partial charge in [-0.1, -0.05) is 12.1 Å². The smallest absolute Gasteiger partial charge is 0.144 e. The summed E-state index contributed by atoms with van der Waals surface area (Å²) in [6.45, 7) is 2.08. The molecule has 2 rings (SSSR count). The van der Waals surface area contributed by atoms with E-state index >= 15 is 0 Å². The van der Waals surface area contributed by atoms with Crippen LogP contribution in [-0.2, 0) is 5.75 Å². The Kier molecular flexibility index (Phi) is 5.79. The van der Waals surface area contributed by atoms with Crippen molar-refractivity contribution in [2.24, 2.45) is 0 Å². The summed E-state index contributed by atoms with van der Waals surface area (Å²) in [4.78, 5) is 0.987. The second-order valence-electron chi connectivity index (χ2n) is 4.69. The SMILES string of the molecule is CNC(C)c1ccc(SCc2c(F)ccc(Br)c2F)cc1. The minimum absolute atomic E-state index is 0.0991. The van der Waals surface area contributed by atoms with Crippen LogP contribution in [0.5, 0.6) is 0 Å². The lowest BCUT2D eigenvalue weighted by molar-refractivity contribution is 0.562. The molecule has 1 atom stereocenters. The van der Waals surface area contributed by atoms with E-state index in [2.05, 4.69) is 28.2 Å². The van der Waals surface area contributed by atoms with E-state index < -0.39 is 11.6 Å². The third kappa shape index (κ3) is 4.05. The van der Waals surface area contributed by atoms with Gasteiger partial charge in [0, 0.05) is 22.3 Å². The molecule has 112 valence electrons. The van der Waals surface area contributed by atoms with Crippen LogP contribution in [0.1, 0.15) is 24.1 Å². The maximum absolute atomic E-state index is 13.9. The minimum Gasteiger partial charge on any atom is -0.313 e. The van der Waals surface area contributed by atoms with Gasteiger partial charge >= 0.3 is 0 Å². The molecule has 0 bridgehead atoms. The first-order valence-corrected chi connectivity index (χ1v) is 8.33. The number of benzene rings is 2. The molecular weight excluding hydrogens is 356 g/mol. The minimum atomic E-state index is -0.525. The molecule has 2 aromatic carbocycles. The summed E-state index contributed by atoms with van der Waals surface area (Å²) in [7, 11) is 1.91. The summed E-state index contributed by atoms with van der Waals surface area (Å²) in [5, 5.41) is 3.17. The van der Waals surface area contributed by atoms with Crippen LogP contribution in [0.2, 0.25) is 0 Å². The fourth-order valence-corrected chi connectivity index (χ4v) is 3.15. The molecule has 0 radical (unpaired) electrons. The van der Waals surface area contributed by atoms with Crippen LogP contribution in [0, 0.1) is 11.6 Å². The number of halogens is 3. The summed E-state index contributed by atoms with van der Waals surface area (Å²) >= 11 is 4.50. The van der Waals surface area contributed by atoms with Crippen LogP contribution in [0.15, 0.2) is 45.8 Å². The van der Waals surface area contributed by atoms with Gasteiger partial charge in [-0.05, 0) is 59.7 Å². The molecule has 1 N–H and O–H groups in total. The lowest BCUT2D eigenvalue weighted by Gasteiger charge is -2.11. The molecule has 0 saturated carbocycles. The highest BCUT2D eigenvalue weighted by atomic mass is 79.9. The Morgan fingerprint density at radius 3 is 2.43 bits per heavy atom. The molecule has 0 fully saturated rings. The Hall–Kier alpha value is -0.910. The van der Waals surface area contributed by atoms with Crippen LogP contribution in [0.25, 0.3) is 0 Å². The zero-order valence-corrected chi connectivity index (χ0v) is 14.2. The van der Waals surface area contributed by atoms with Crippen molar-refractivity contribution >= 4 is 27.7 Å². The first-order valence-electron chi connectivity index (χ1n) is 6.55. The van der Waals surface area contributed by atoms with Crippen molar-refractivity contribution in [3.8, 4) is 0 Å². The largest absolute Gasteiger partial charge is 0.313 e. The van der Waals surface area contributed by atoms with E-state index in [4.69, 9.17) is 0 Å². The van der Waals surface area contributed by atoms with E-state index in [-0.39, 0.29) is 21.8 Å². The van der Waals surface area contributed by atoms with Crippen LogP contribution >= 0.6 is 27.7 Å². The van der Waals surface area contributed by atoms with Gasteiger partial charge in [-0.25, -0.2) is 8.78 Å². The van der Waals surface area contributed by atoms with Crippen molar-refractivity contribution in [3.05, 3.63) is 63.6 Å². The molecule has 0 aliphatic heterocycles. The van der Waals surface area contributed by atoms with E-state index in [1.165, 1.54) is 29.5 Å². The van der Waals surface area contributed by atoms with Gasteiger partial charge in [0.1, 0.15) is 11.6 Å². The predicted molar refractivity (Wildman–Crippen MR) is 87.5 cm³/mol. The zero-order chi connectivity index (χ0) is 15.4. The number of thioether (sulfide) groups is 1. The van der Waals surface area contributed by atoms with Crippen molar-refractivity contribution in [3.63, 3.8) is 0 Å². The number of nitrogens with one attached hydrogen (secondary N) is 1. The maximum atomic E-state index is 13.9. The van der Waals surface area contributed by atoms with Crippen molar-refractivity contribution in [1.29, 1.82) is 0 Å². The molecule has 0 saturated heterocycles. The Morgan fingerprint density at radius 2 is 1.81 bits per heavy atom. The van der Waals surface area contributed by atoms with Gasteiger partial charge in [-0.15, -0.1) is 11.8 Å². The maximum Gasteiger partial charge on any atom is 0.144 e. The van der Waals surface area contributed by atoms with Crippen LogP contribution < -0.4 is 5.32 Å². The van der Waals surface area contributed by atoms with Gasteiger partial charge in [0.15, 0.2) is 0 Å². The van der Waals surface area contributed by atoms with Crippen molar-refractivity contribution in [1.82, 2.24) is 5.32 Å². The molecular formula is C16H16BrF2NS. The number of hydrogen-bond donors (Lipinski definition) is 1. The molecule has 0 heterocycles. The molecule has 0 aliphatic rings. The molecule has 21 heavy (non-hydrogen) atoms. The van der Waals surface area contributed by atoms with Gasteiger partial charge in [0.2, 0.25) is 0 Å². The lowest BCUT2D eigenvalue weighted by atomic mass is 10.1. The molecule has 0 spiro atoms. The summed E-state index contributed by atoms with van der Waals surface area (Å²) in [5.74, 6) is -0.774. The van der Waals surface area contributed by atoms with E-state index in [9.17, 15) is 8.78 Å². The third-order valence-corrected chi connectivity index (χ3v) is 4.99. The summed E-state index contributed by atoms with van der Waals surface area (Å²) < 4.78 is 27.8. The predicted octanol–water partition coefficient (Wildman–Crippen LogP) is 5.30. The molecule has 1 unspecified atom stereocenters. The van der Waals surface area contributed by atoms with Gasteiger partial charge in [-0.2, -0.15) is 0 Å². The molecule has 0 aromatic heterocycles. The summed E-state index contributed by atoms with van der Waals surface area (Å²) in [5.41, 5.74) is 1.28. The van der Waals surface area contributed by atoms with E-state index in [0.29, 0.717) is 0 Å². The van der Waals surface area contributed by atoms with Gasteiger partial charge in [0.25, 0.3) is 0 Å². The Morgan fingerprint density at radius 1 is 1.14 bits per heavy atom. The molecule has 1 nitrogen and oxygen atoms in total. The third-order valence-electron chi connectivity index (χ3n) is 3.34. The number of rotatable bonds is 5. The molecule has 0 amide bonds. The Bertz CT molecular complexity index is 616. The number of hydrogen-bond acceptors (Lipinski definition) is 2. The summed E-state index contributed by atoms with van der Waals surface area (Å²) in [6.07, 6.45) is 0. The van der Waals surface area contributed by atoms with E-state index in [0.717, 1.165) is 4.90 Å². The Labute approximate surface area is 136 Å². The second kappa shape index (κ2) is 7.38. The quantitative estimate of drug-likeness (QED) is 0.565. The van der Waals surface area contributed by atoms with Crippen molar-refractivity contribution < 1.29 is 8.78 Å². The highest BCUT2D eigenvalue weighted by Crippen LogP contribution is 2.29. The van der Waals surface area contributed by atoms with Crippen LogP contribution in [0.4, 0.5) is 8.78 Å². The Balaban J connectivity index is 2.08. The second-order valence-corrected chi connectivity index (χ2v) is 6.59. The molecule has 2 aromatic rings. The fourth-order valence-electron chi connectivity index (χ4n) is 1.88. The van der Waals surface area contributed by atoms with Gasteiger partial charge in [-0.3, -0.25) is 0 Å². The summed E-state index contributed by atoms with van der Waals surface area (Å²) in [6, 6.07) is 10.9. The van der Waals surface area contributed by atoms with Crippen LogP contribution in [0.3, 0.4) is 0 Å². The van der Waals surface area contributed by atoms with E-state index in [1.807, 2.05) is 31.3 Å². The van der Waals surface area contributed by atoms with Gasteiger partial charge in [0.05, 0.1) is 4.47 Å². The average Bonchev–Trinajstić information content (AvgIpc) is 2.51. The average molecular weight is 372 g/mol. The van der Waals surface area contributed by atoms with Crippen LogP contribution in [-0.4, -0.2) is 7.05 Å². The highest BCUT2D eigenvalue weighted by molar-refractivity contribution is 9.10. The monoisotopic (exact) mass is 371 g/mol. The van der Waals surface area contributed by atoms with E-state index in [1.54, 1.807) is 0 Å². The molecule has 5 heteroatoms. The van der Waals surface area contributed by atoms with Crippen molar-refractivity contribution in [2.45, 2.75) is 23.6 Å². The van der Waals surface area contributed by atoms with Gasteiger partial charge < -0.3 is 5.32 Å². The standard InChI is InChI=1S/C16H16BrF2NS/c1-10(20-2)11-3-5-12(6-4-11)21-9-13-15(18)8-7-14(17)16(13)19/h3-8,10,20H,9H2,1-2H3. The highest BCUT2D eigenvalue weighted by Gasteiger charge is 2.12.